The molecule has 1 fully saturated rings. The summed E-state index contributed by atoms with van der Waals surface area (Å²) < 4.78 is 24.3. The number of piperazine rings is 1. The Morgan fingerprint density at radius 3 is 2.37 bits per heavy atom. The van der Waals surface area contributed by atoms with Crippen LogP contribution in [0.1, 0.15) is 12.8 Å². The fourth-order valence-electron chi connectivity index (χ4n) is 3.21. The molecule has 0 radical (unpaired) electrons. The predicted octanol–water partition coefficient (Wildman–Crippen LogP) is 3.34. The van der Waals surface area contributed by atoms with Crippen LogP contribution in [-0.4, -0.2) is 50.7 Å². The number of amides is 1. The van der Waals surface area contributed by atoms with Crippen LogP contribution in [-0.2, 0) is 4.79 Å². The van der Waals surface area contributed by atoms with Crippen molar-refractivity contribution in [3.63, 3.8) is 0 Å². The van der Waals surface area contributed by atoms with Crippen molar-refractivity contribution in [3.8, 4) is 11.5 Å². The molecule has 0 aliphatic carbocycles. The summed E-state index contributed by atoms with van der Waals surface area (Å²) in [5, 5.41) is 0. The highest BCUT2D eigenvalue weighted by Crippen LogP contribution is 2.28. The number of rotatable bonds is 7. The number of para-hydroxylation sites is 3. The van der Waals surface area contributed by atoms with E-state index in [4.69, 9.17) is 9.47 Å². The number of carbonyl (C=O) groups excluding carboxylic acids is 1. The Kier molecular flexibility index (Phi) is 6.52. The van der Waals surface area contributed by atoms with Crippen LogP contribution in [0.25, 0.3) is 0 Å². The zero-order chi connectivity index (χ0) is 19.1. The van der Waals surface area contributed by atoms with Gasteiger partial charge in [0.25, 0.3) is 0 Å². The van der Waals surface area contributed by atoms with Gasteiger partial charge in [-0.2, -0.15) is 0 Å². The average molecular weight is 372 g/mol. The van der Waals surface area contributed by atoms with Gasteiger partial charge in [-0.15, -0.1) is 0 Å². The maximum absolute atomic E-state index is 13.5. The van der Waals surface area contributed by atoms with Crippen molar-refractivity contribution in [2.24, 2.45) is 0 Å². The Balaban J connectivity index is 1.41. The summed E-state index contributed by atoms with van der Waals surface area (Å²) in [5.74, 6) is 0.820. The molecule has 0 bridgehead atoms. The van der Waals surface area contributed by atoms with Crippen molar-refractivity contribution in [3.05, 3.63) is 54.3 Å². The SMILES string of the molecule is COc1ccccc1N1CCN(C(=O)CCCOc2ccccc2F)CC1. The van der Waals surface area contributed by atoms with Crippen molar-refractivity contribution >= 4 is 11.6 Å². The minimum Gasteiger partial charge on any atom is -0.495 e. The second kappa shape index (κ2) is 9.26. The van der Waals surface area contributed by atoms with Gasteiger partial charge < -0.3 is 19.3 Å². The summed E-state index contributed by atoms with van der Waals surface area (Å²) in [6.07, 6.45) is 0.975. The molecule has 1 amide bonds. The fourth-order valence-corrected chi connectivity index (χ4v) is 3.21. The lowest BCUT2D eigenvalue weighted by Crippen LogP contribution is -2.48. The van der Waals surface area contributed by atoms with Crippen LogP contribution in [0.5, 0.6) is 11.5 Å². The molecule has 6 heteroatoms. The van der Waals surface area contributed by atoms with Crippen LogP contribution < -0.4 is 14.4 Å². The number of anilines is 1. The van der Waals surface area contributed by atoms with E-state index in [9.17, 15) is 9.18 Å². The van der Waals surface area contributed by atoms with Gasteiger partial charge in [-0.05, 0) is 30.7 Å². The van der Waals surface area contributed by atoms with E-state index in [0.717, 1.165) is 24.5 Å². The lowest BCUT2D eigenvalue weighted by atomic mass is 10.2. The van der Waals surface area contributed by atoms with E-state index in [-0.39, 0.29) is 17.5 Å². The molecule has 1 saturated heterocycles. The van der Waals surface area contributed by atoms with E-state index >= 15 is 0 Å². The minimum atomic E-state index is -0.378. The maximum Gasteiger partial charge on any atom is 0.222 e. The zero-order valence-electron chi connectivity index (χ0n) is 15.6. The summed E-state index contributed by atoms with van der Waals surface area (Å²) in [6.45, 7) is 3.25. The first kappa shape index (κ1) is 19.0. The Bertz CT molecular complexity index is 761. The van der Waals surface area contributed by atoms with Crippen LogP contribution in [0.3, 0.4) is 0 Å². The Hall–Kier alpha value is -2.76. The smallest absolute Gasteiger partial charge is 0.222 e. The van der Waals surface area contributed by atoms with Gasteiger partial charge in [-0.3, -0.25) is 4.79 Å². The summed E-state index contributed by atoms with van der Waals surface area (Å²) in [4.78, 5) is 16.5. The summed E-state index contributed by atoms with van der Waals surface area (Å²) in [5.41, 5.74) is 1.06. The Labute approximate surface area is 159 Å². The zero-order valence-corrected chi connectivity index (χ0v) is 15.6. The third-order valence-electron chi connectivity index (χ3n) is 4.69. The van der Waals surface area contributed by atoms with Gasteiger partial charge in [-0.1, -0.05) is 24.3 Å². The van der Waals surface area contributed by atoms with Crippen molar-refractivity contribution in [2.75, 3.05) is 44.8 Å². The summed E-state index contributed by atoms with van der Waals surface area (Å²) >= 11 is 0. The molecule has 27 heavy (non-hydrogen) atoms. The molecule has 1 heterocycles. The molecule has 0 saturated carbocycles. The van der Waals surface area contributed by atoms with Crippen LogP contribution in [0.4, 0.5) is 10.1 Å². The first-order valence-corrected chi connectivity index (χ1v) is 9.22. The molecule has 144 valence electrons. The van der Waals surface area contributed by atoms with Gasteiger partial charge in [0.1, 0.15) is 5.75 Å². The quantitative estimate of drug-likeness (QED) is 0.699. The molecule has 2 aromatic rings. The third kappa shape index (κ3) is 4.90. The molecule has 0 spiro atoms. The highest BCUT2D eigenvalue weighted by molar-refractivity contribution is 5.76. The van der Waals surface area contributed by atoms with Crippen molar-refractivity contribution in [1.29, 1.82) is 0 Å². The molecule has 5 nitrogen and oxygen atoms in total. The summed E-state index contributed by atoms with van der Waals surface area (Å²) in [7, 11) is 1.67. The van der Waals surface area contributed by atoms with Crippen molar-refractivity contribution in [1.82, 2.24) is 4.90 Å². The van der Waals surface area contributed by atoms with E-state index in [0.29, 0.717) is 32.5 Å². The normalized spacial score (nSPS) is 14.1. The maximum atomic E-state index is 13.5. The van der Waals surface area contributed by atoms with Crippen molar-refractivity contribution < 1.29 is 18.7 Å². The average Bonchev–Trinajstić information content (AvgIpc) is 2.72. The van der Waals surface area contributed by atoms with E-state index in [2.05, 4.69) is 4.90 Å². The van der Waals surface area contributed by atoms with Crippen LogP contribution in [0.15, 0.2) is 48.5 Å². The number of benzene rings is 2. The lowest BCUT2D eigenvalue weighted by Gasteiger charge is -2.36. The molecule has 0 aromatic heterocycles. The number of hydrogen-bond donors (Lipinski definition) is 0. The molecule has 0 N–H and O–H groups in total. The lowest BCUT2D eigenvalue weighted by molar-refractivity contribution is -0.131. The number of hydrogen-bond acceptors (Lipinski definition) is 4. The van der Waals surface area contributed by atoms with Crippen LogP contribution in [0, 0.1) is 5.82 Å². The van der Waals surface area contributed by atoms with Gasteiger partial charge in [0.15, 0.2) is 11.6 Å². The fraction of sp³-hybridized carbons (Fsp3) is 0.381. The molecule has 1 aliphatic heterocycles. The number of carbonyl (C=O) groups is 1. The second-order valence-electron chi connectivity index (χ2n) is 6.42. The first-order valence-electron chi connectivity index (χ1n) is 9.22. The molecular weight excluding hydrogens is 347 g/mol. The molecule has 0 atom stereocenters. The minimum absolute atomic E-state index is 0.117. The van der Waals surface area contributed by atoms with E-state index in [1.807, 2.05) is 29.2 Å². The first-order chi connectivity index (χ1) is 13.2. The number of methoxy groups -OCH3 is 1. The topological polar surface area (TPSA) is 42.0 Å². The molecule has 1 aliphatic rings. The molecule has 2 aromatic carbocycles. The van der Waals surface area contributed by atoms with E-state index in [1.165, 1.54) is 6.07 Å². The predicted molar refractivity (Wildman–Crippen MR) is 103 cm³/mol. The van der Waals surface area contributed by atoms with Gasteiger partial charge in [0, 0.05) is 32.6 Å². The molecular formula is C21H25FN2O3. The van der Waals surface area contributed by atoms with Crippen LogP contribution >= 0.6 is 0 Å². The molecule has 0 unspecified atom stereocenters. The number of halogens is 1. The monoisotopic (exact) mass is 372 g/mol. The van der Waals surface area contributed by atoms with Gasteiger partial charge in [0.2, 0.25) is 5.91 Å². The third-order valence-corrected chi connectivity index (χ3v) is 4.69. The largest absolute Gasteiger partial charge is 0.495 e. The second-order valence-corrected chi connectivity index (χ2v) is 6.42. The van der Waals surface area contributed by atoms with Gasteiger partial charge >= 0.3 is 0 Å². The highest BCUT2D eigenvalue weighted by atomic mass is 19.1. The molecule has 3 rings (SSSR count). The van der Waals surface area contributed by atoms with E-state index < -0.39 is 0 Å². The van der Waals surface area contributed by atoms with E-state index in [1.54, 1.807) is 25.3 Å². The van der Waals surface area contributed by atoms with Crippen LogP contribution in [0.2, 0.25) is 0 Å². The van der Waals surface area contributed by atoms with Gasteiger partial charge in [0.05, 0.1) is 19.4 Å². The number of nitrogens with zero attached hydrogens (tertiary/aromatic N) is 2. The van der Waals surface area contributed by atoms with Crippen molar-refractivity contribution in [2.45, 2.75) is 12.8 Å². The standard InChI is InChI=1S/C21H25FN2O3/c1-26-20-10-5-3-8-18(20)23-12-14-24(15-13-23)21(25)11-6-16-27-19-9-4-2-7-17(19)22/h2-5,7-10H,6,11-16H2,1H3. The Morgan fingerprint density at radius 2 is 1.67 bits per heavy atom. The highest BCUT2D eigenvalue weighted by Gasteiger charge is 2.22. The summed E-state index contributed by atoms with van der Waals surface area (Å²) in [6, 6.07) is 14.2. The Morgan fingerprint density at radius 1 is 1.00 bits per heavy atom. The number of ether oxygens (including phenoxy) is 2. The van der Waals surface area contributed by atoms with Gasteiger partial charge in [-0.25, -0.2) is 4.39 Å².